The van der Waals surface area contributed by atoms with Crippen LogP contribution in [0.3, 0.4) is 0 Å². The van der Waals surface area contributed by atoms with Crippen molar-refractivity contribution in [2.75, 3.05) is 0 Å². The molecule has 4 heteroatoms. The van der Waals surface area contributed by atoms with Crippen LogP contribution in [0.25, 0.3) is 11.1 Å². The molecule has 0 aliphatic heterocycles. The van der Waals surface area contributed by atoms with E-state index in [4.69, 9.17) is 10.00 Å². The van der Waals surface area contributed by atoms with Gasteiger partial charge in [-0.25, -0.2) is 0 Å². The van der Waals surface area contributed by atoms with Gasteiger partial charge in [-0.3, -0.25) is 4.79 Å². The highest BCUT2D eigenvalue weighted by atomic mass is 16.5. The first-order valence-corrected chi connectivity index (χ1v) is 7.67. The third kappa shape index (κ3) is 3.51. The number of carbonyl (C=O) groups excluding carboxylic acids is 1. The molecule has 1 N–H and O–H groups in total. The van der Waals surface area contributed by atoms with Gasteiger partial charge in [0, 0.05) is 0 Å². The number of carbonyl (C=O) groups is 1. The Labute approximate surface area is 135 Å². The molecule has 1 aliphatic carbocycles. The normalized spacial score (nSPS) is 16.0. The highest BCUT2D eigenvalue weighted by Crippen LogP contribution is 2.34. The number of hydrogen-bond acceptors (Lipinski definition) is 3. The van der Waals surface area contributed by atoms with E-state index in [9.17, 15) is 4.79 Å². The van der Waals surface area contributed by atoms with E-state index < -0.39 is 11.6 Å². The molecule has 0 saturated heterocycles. The standard InChI is InChI=1S/C19H18N2O2/c1-14(18(22)21-19(13-20)11-12-19)23-17-9-7-16(8-10-17)15-5-3-2-4-6-15/h2-10,14H,11-12H2,1H3,(H,21,22)/t14-/m0/s1. The van der Waals surface area contributed by atoms with Crippen LogP contribution in [-0.2, 0) is 4.79 Å². The molecule has 116 valence electrons. The van der Waals surface area contributed by atoms with E-state index >= 15 is 0 Å². The van der Waals surface area contributed by atoms with Crippen LogP contribution in [0.15, 0.2) is 54.6 Å². The molecule has 0 radical (unpaired) electrons. The Morgan fingerprint density at radius 2 is 1.74 bits per heavy atom. The Morgan fingerprint density at radius 3 is 2.30 bits per heavy atom. The number of hydrogen-bond donors (Lipinski definition) is 1. The van der Waals surface area contributed by atoms with Gasteiger partial charge in [0.15, 0.2) is 6.10 Å². The molecule has 1 amide bonds. The van der Waals surface area contributed by atoms with E-state index in [-0.39, 0.29) is 5.91 Å². The van der Waals surface area contributed by atoms with Crippen LogP contribution in [0, 0.1) is 11.3 Å². The van der Waals surface area contributed by atoms with E-state index in [1.54, 1.807) is 6.92 Å². The van der Waals surface area contributed by atoms with Gasteiger partial charge < -0.3 is 10.1 Å². The molecule has 0 bridgehead atoms. The van der Waals surface area contributed by atoms with Crippen molar-refractivity contribution in [1.29, 1.82) is 5.26 Å². The molecule has 0 unspecified atom stereocenters. The van der Waals surface area contributed by atoms with Gasteiger partial charge in [-0.1, -0.05) is 42.5 Å². The molecule has 1 aliphatic rings. The lowest BCUT2D eigenvalue weighted by Gasteiger charge is -2.17. The van der Waals surface area contributed by atoms with Crippen molar-refractivity contribution in [3.05, 3.63) is 54.6 Å². The first kappa shape index (κ1) is 15.1. The molecule has 1 atom stereocenters. The first-order chi connectivity index (χ1) is 11.1. The molecular weight excluding hydrogens is 288 g/mol. The average Bonchev–Trinajstić information content (AvgIpc) is 3.36. The summed E-state index contributed by atoms with van der Waals surface area (Å²) in [4.78, 5) is 12.1. The summed E-state index contributed by atoms with van der Waals surface area (Å²) in [6, 6.07) is 19.8. The molecule has 2 aromatic rings. The van der Waals surface area contributed by atoms with E-state index in [0.717, 1.165) is 11.1 Å². The van der Waals surface area contributed by atoms with Gasteiger partial charge in [-0.05, 0) is 43.0 Å². The Kier molecular flexibility index (Phi) is 4.03. The second-order valence-corrected chi connectivity index (χ2v) is 5.83. The van der Waals surface area contributed by atoms with E-state index in [1.807, 2.05) is 54.6 Å². The lowest BCUT2D eigenvalue weighted by molar-refractivity contribution is -0.127. The second kappa shape index (κ2) is 6.13. The van der Waals surface area contributed by atoms with Gasteiger partial charge in [0.1, 0.15) is 11.3 Å². The first-order valence-electron chi connectivity index (χ1n) is 7.67. The van der Waals surface area contributed by atoms with Gasteiger partial charge in [-0.2, -0.15) is 5.26 Å². The van der Waals surface area contributed by atoms with Crippen molar-refractivity contribution in [1.82, 2.24) is 5.32 Å². The minimum Gasteiger partial charge on any atom is -0.481 e. The molecule has 1 saturated carbocycles. The molecule has 0 heterocycles. The summed E-state index contributed by atoms with van der Waals surface area (Å²) in [5.41, 5.74) is 1.57. The van der Waals surface area contributed by atoms with Crippen molar-refractivity contribution in [2.45, 2.75) is 31.4 Å². The third-order valence-corrected chi connectivity index (χ3v) is 3.97. The molecule has 0 aromatic heterocycles. The number of benzene rings is 2. The molecule has 1 fully saturated rings. The Morgan fingerprint density at radius 1 is 1.13 bits per heavy atom. The molecule has 2 aromatic carbocycles. The maximum atomic E-state index is 12.1. The van der Waals surface area contributed by atoms with Crippen molar-refractivity contribution < 1.29 is 9.53 Å². The summed E-state index contributed by atoms with van der Waals surface area (Å²) in [5.74, 6) is 0.380. The van der Waals surface area contributed by atoms with Crippen LogP contribution >= 0.6 is 0 Å². The van der Waals surface area contributed by atoms with Gasteiger partial charge in [-0.15, -0.1) is 0 Å². The number of amides is 1. The minimum absolute atomic E-state index is 0.254. The average molecular weight is 306 g/mol. The lowest BCUT2D eigenvalue weighted by Crippen LogP contribution is -2.43. The van der Waals surface area contributed by atoms with Crippen LogP contribution in [0.4, 0.5) is 0 Å². The van der Waals surface area contributed by atoms with Crippen LogP contribution in [0.1, 0.15) is 19.8 Å². The van der Waals surface area contributed by atoms with Gasteiger partial charge in [0.25, 0.3) is 5.91 Å². The van der Waals surface area contributed by atoms with Crippen molar-refractivity contribution in [3.8, 4) is 22.9 Å². The SMILES string of the molecule is C[C@H](Oc1ccc(-c2ccccc2)cc1)C(=O)NC1(C#N)CC1. The fourth-order valence-corrected chi connectivity index (χ4v) is 2.34. The molecule has 0 spiro atoms. The summed E-state index contributed by atoms with van der Waals surface area (Å²) in [6.07, 6.45) is 0.796. The quantitative estimate of drug-likeness (QED) is 0.922. The zero-order chi connectivity index (χ0) is 16.3. The second-order valence-electron chi connectivity index (χ2n) is 5.83. The van der Waals surface area contributed by atoms with Gasteiger partial charge >= 0.3 is 0 Å². The zero-order valence-electron chi connectivity index (χ0n) is 13.0. The number of nitrogens with zero attached hydrogens (tertiary/aromatic N) is 1. The van der Waals surface area contributed by atoms with E-state index in [2.05, 4.69) is 11.4 Å². The van der Waals surface area contributed by atoms with Crippen molar-refractivity contribution >= 4 is 5.91 Å². The summed E-state index contributed by atoms with van der Waals surface area (Å²) < 4.78 is 5.66. The smallest absolute Gasteiger partial charge is 0.262 e. The van der Waals surface area contributed by atoms with Crippen LogP contribution in [0.5, 0.6) is 5.75 Å². The number of nitriles is 1. The van der Waals surface area contributed by atoms with Crippen LogP contribution in [0.2, 0.25) is 0 Å². The summed E-state index contributed by atoms with van der Waals surface area (Å²) in [5, 5.41) is 11.8. The maximum absolute atomic E-state index is 12.1. The monoisotopic (exact) mass is 306 g/mol. The van der Waals surface area contributed by atoms with Crippen molar-refractivity contribution in [3.63, 3.8) is 0 Å². The molecular formula is C19H18N2O2. The van der Waals surface area contributed by atoms with Gasteiger partial charge in [0.2, 0.25) is 0 Å². The summed E-state index contributed by atoms with van der Waals surface area (Å²) in [7, 11) is 0. The minimum atomic E-state index is -0.661. The van der Waals surface area contributed by atoms with E-state index in [0.29, 0.717) is 18.6 Å². The van der Waals surface area contributed by atoms with Gasteiger partial charge in [0.05, 0.1) is 6.07 Å². The summed E-state index contributed by atoms with van der Waals surface area (Å²) in [6.45, 7) is 1.69. The lowest BCUT2D eigenvalue weighted by atomic mass is 10.1. The molecule has 23 heavy (non-hydrogen) atoms. The number of nitrogens with one attached hydrogen (secondary N) is 1. The largest absolute Gasteiger partial charge is 0.481 e. The summed E-state index contributed by atoms with van der Waals surface area (Å²) >= 11 is 0. The molecule has 3 rings (SSSR count). The van der Waals surface area contributed by atoms with E-state index in [1.165, 1.54) is 0 Å². The Bertz CT molecular complexity index is 728. The fourth-order valence-electron chi connectivity index (χ4n) is 2.34. The fraction of sp³-hybridized carbons (Fsp3) is 0.263. The molecule has 4 nitrogen and oxygen atoms in total. The highest BCUT2D eigenvalue weighted by molar-refractivity contribution is 5.82. The topological polar surface area (TPSA) is 62.1 Å². The van der Waals surface area contributed by atoms with Crippen molar-refractivity contribution in [2.24, 2.45) is 0 Å². The third-order valence-electron chi connectivity index (χ3n) is 3.97. The zero-order valence-corrected chi connectivity index (χ0v) is 13.0. The number of ether oxygens (including phenoxy) is 1. The Balaban J connectivity index is 1.62. The predicted octanol–water partition coefficient (Wildman–Crippen LogP) is 3.29. The Hall–Kier alpha value is -2.80. The highest BCUT2D eigenvalue weighted by Gasteiger charge is 2.45. The maximum Gasteiger partial charge on any atom is 0.262 e. The predicted molar refractivity (Wildman–Crippen MR) is 87.7 cm³/mol. The number of rotatable bonds is 5. The van der Waals surface area contributed by atoms with Crippen LogP contribution in [-0.4, -0.2) is 17.6 Å². The van der Waals surface area contributed by atoms with Crippen LogP contribution < -0.4 is 10.1 Å².